The average Bonchev–Trinajstić information content (AvgIpc) is 4.42. The van der Waals surface area contributed by atoms with E-state index >= 15 is 0 Å². The SMILES string of the molecule is CCCCCCCCCCC.c1ccc2c(c1)c1cc(-c3ccc(-c4ccc(-c5ccc(-c6ccc7c(c6)c6ccccc6n7OC6CCCCO6)s5)s4)s3)ccc1n2CCCCCCCCCCCOC1CCCCO1. The van der Waals surface area contributed by atoms with Crippen molar-refractivity contribution in [2.75, 3.05) is 19.8 Å². The third-order valence-electron chi connectivity index (χ3n) is 15.8. The van der Waals surface area contributed by atoms with Crippen LogP contribution >= 0.6 is 34.0 Å². The van der Waals surface area contributed by atoms with Crippen molar-refractivity contribution in [2.24, 2.45) is 0 Å². The molecule has 11 rings (SSSR count). The molecule has 408 valence electrons. The highest BCUT2D eigenvalue weighted by atomic mass is 32.1. The van der Waals surface area contributed by atoms with Gasteiger partial charge in [0.15, 0.2) is 6.29 Å². The number of aromatic nitrogens is 2. The predicted molar refractivity (Wildman–Crippen MR) is 332 cm³/mol. The first-order chi connectivity index (χ1) is 38.1. The molecule has 0 amide bonds. The smallest absolute Gasteiger partial charge is 0.224 e. The zero-order valence-corrected chi connectivity index (χ0v) is 48.7. The van der Waals surface area contributed by atoms with E-state index in [2.05, 4.69) is 140 Å². The van der Waals surface area contributed by atoms with Crippen LogP contribution < -0.4 is 4.84 Å². The Morgan fingerprint density at radius 1 is 0.416 bits per heavy atom. The summed E-state index contributed by atoms with van der Waals surface area (Å²) in [5.41, 5.74) is 7.37. The number of hydrogen-bond acceptors (Lipinski definition) is 7. The van der Waals surface area contributed by atoms with Gasteiger partial charge in [0.1, 0.15) is 0 Å². The summed E-state index contributed by atoms with van der Waals surface area (Å²) in [6.45, 7) is 8.09. The van der Waals surface area contributed by atoms with E-state index in [0.717, 1.165) is 69.5 Å². The first-order valence-electron chi connectivity index (χ1n) is 30.0. The number of ether oxygens (including phenoxy) is 3. The molecule has 2 fully saturated rings. The fraction of sp³-hybridized carbons (Fsp3) is 0.471. The Morgan fingerprint density at radius 2 is 0.844 bits per heavy atom. The van der Waals surface area contributed by atoms with Crippen LogP contribution in [0.4, 0.5) is 0 Å². The zero-order chi connectivity index (χ0) is 52.4. The van der Waals surface area contributed by atoms with Gasteiger partial charge in [0.2, 0.25) is 6.29 Å². The number of thiophene rings is 3. The Morgan fingerprint density at radius 3 is 1.40 bits per heavy atom. The van der Waals surface area contributed by atoms with Crippen molar-refractivity contribution in [3.05, 3.63) is 121 Å². The monoisotopic (exact) mass is 1090 g/mol. The minimum absolute atomic E-state index is 0.0550. The molecule has 6 nitrogen and oxygen atoms in total. The second-order valence-electron chi connectivity index (χ2n) is 21.7. The molecule has 0 bridgehead atoms. The molecule has 2 aliphatic rings. The van der Waals surface area contributed by atoms with E-state index in [0.29, 0.717) is 0 Å². The normalized spacial score (nSPS) is 16.0. The van der Waals surface area contributed by atoms with Crippen molar-refractivity contribution in [3.8, 4) is 40.4 Å². The van der Waals surface area contributed by atoms with Crippen molar-refractivity contribution < 1.29 is 19.0 Å². The number of unbranched alkanes of at least 4 members (excludes halogenated alkanes) is 16. The lowest BCUT2D eigenvalue weighted by molar-refractivity contribution is -0.162. The van der Waals surface area contributed by atoms with Crippen LogP contribution in [0.5, 0.6) is 0 Å². The van der Waals surface area contributed by atoms with Crippen molar-refractivity contribution in [3.63, 3.8) is 0 Å². The quantitative estimate of drug-likeness (QED) is 0.0482. The molecule has 0 spiro atoms. The summed E-state index contributed by atoms with van der Waals surface area (Å²) < 4.78 is 22.1. The summed E-state index contributed by atoms with van der Waals surface area (Å²) in [5.74, 6) is 0. The van der Waals surface area contributed by atoms with E-state index in [4.69, 9.17) is 19.0 Å². The summed E-state index contributed by atoms with van der Waals surface area (Å²) in [7, 11) is 0. The van der Waals surface area contributed by atoms with Crippen molar-refractivity contribution in [1.29, 1.82) is 0 Å². The second-order valence-corrected chi connectivity index (χ2v) is 24.9. The van der Waals surface area contributed by atoms with Gasteiger partial charge >= 0.3 is 0 Å². The minimum Gasteiger partial charge on any atom is -0.381 e. The van der Waals surface area contributed by atoms with Gasteiger partial charge < -0.3 is 23.6 Å². The highest BCUT2D eigenvalue weighted by molar-refractivity contribution is 7.27. The minimum atomic E-state index is -0.211. The number of benzene rings is 4. The first-order valence-corrected chi connectivity index (χ1v) is 32.5. The summed E-state index contributed by atoms with van der Waals surface area (Å²) >= 11 is 5.65. The van der Waals surface area contributed by atoms with E-state index < -0.39 is 0 Å². The Balaban J connectivity index is 0.000000552. The van der Waals surface area contributed by atoms with Crippen molar-refractivity contribution in [2.45, 2.75) is 187 Å². The molecule has 2 unspecified atom stereocenters. The summed E-state index contributed by atoms with van der Waals surface area (Å²) in [4.78, 5) is 14.3. The van der Waals surface area contributed by atoms with Crippen molar-refractivity contribution in [1.82, 2.24) is 9.30 Å². The van der Waals surface area contributed by atoms with E-state index in [9.17, 15) is 0 Å². The number of rotatable bonds is 27. The molecule has 0 saturated carbocycles. The lowest BCUT2D eigenvalue weighted by Gasteiger charge is -2.24. The fourth-order valence-corrected chi connectivity index (χ4v) is 14.7. The van der Waals surface area contributed by atoms with Gasteiger partial charge in [0.05, 0.1) is 17.6 Å². The molecule has 9 heteroatoms. The van der Waals surface area contributed by atoms with Crippen LogP contribution in [0.25, 0.3) is 84.0 Å². The predicted octanol–water partition coefficient (Wildman–Crippen LogP) is 21.3. The summed E-state index contributed by atoms with van der Waals surface area (Å²) in [6.07, 6.45) is 31.0. The standard InChI is InChI=1S/C57H60N2O4S3.C11H24/c1(3-5-7-15-35-60-56-22-12-16-36-61-56)2-4-6-14-34-58-46-20-10-8-18-42(46)44-38-40(24-26-47(44)58)50-28-30-52(64-50)54-32-33-55(66-54)53-31-29-51(65-53)41-25-27-49-45(39-41)43-19-9-11-21-48(43)59(49)63-57-23-13-17-37-62-57;1-3-5-7-9-11-10-8-6-4-2/h8-11,18-21,24-33,38-39,56-57H,1-7,12-17,22-23,34-37H2;3-11H2,1-2H3. The molecule has 7 heterocycles. The molecule has 2 atom stereocenters. The van der Waals surface area contributed by atoms with E-state index in [1.807, 2.05) is 38.7 Å². The lowest BCUT2D eigenvalue weighted by Crippen LogP contribution is -2.30. The molecule has 2 aliphatic heterocycles. The number of hydrogen-bond donors (Lipinski definition) is 0. The lowest BCUT2D eigenvalue weighted by atomic mass is 10.1. The van der Waals surface area contributed by atoms with Gasteiger partial charge in [-0.1, -0.05) is 165 Å². The highest BCUT2D eigenvalue weighted by Gasteiger charge is 2.21. The second kappa shape index (κ2) is 28.9. The molecular weight excluding hydrogens is 1000 g/mol. The Labute approximate surface area is 471 Å². The average molecular weight is 1090 g/mol. The number of nitrogens with zero attached hydrogens (tertiary/aromatic N) is 2. The van der Waals surface area contributed by atoms with Crippen LogP contribution in [-0.4, -0.2) is 41.7 Å². The third-order valence-corrected chi connectivity index (χ3v) is 19.6. The van der Waals surface area contributed by atoms with Crippen LogP contribution in [0.1, 0.15) is 168 Å². The highest BCUT2D eigenvalue weighted by Crippen LogP contribution is 2.45. The molecule has 0 aliphatic carbocycles. The first kappa shape index (κ1) is 55.6. The maximum Gasteiger partial charge on any atom is 0.224 e. The molecule has 0 N–H and O–H groups in total. The number of para-hydroxylation sites is 2. The van der Waals surface area contributed by atoms with Crippen LogP contribution in [0.15, 0.2) is 121 Å². The van der Waals surface area contributed by atoms with Crippen LogP contribution in [0.2, 0.25) is 0 Å². The van der Waals surface area contributed by atoms with Gasteiger partial charge in [-0.3, -0.25) is 0 Å². The third kappa shape index (κ3) is 14.6. The van der Waals surface area contributed by atoms with Gasteiger partial charge in [-0.15, -0.1) is 34.0 Å². The van der Waals surface area contributed by atoms with E-state index in [1.165, 1.54) is 195 Å². The van der Waals surface area contributed by atoms with Crippen LogP contribution in [0, 0.1) is 0 Å². The number of aryl methyl sites for hydroxylation is 1. The van der Waals surface area contributed by atoms with Gasteiger partial charge in [-0.2, -0.15) is 4.73 Å². The summed E-state index contributed by atoms with van der Waals surface area (Å²) in [6, 6.07) is 45.2. The molecule has 4 aromatic carbocycles. The zero-order valence-electron chi connectivity index (χ0n) is 46.3. The Hall–Kier alpha value is -4.74. The molecular formula is C68H84N2O4S3. The maximum absolute atomic E-state index is 6.47. The van der Waals surface area contributed by atoms with Crippen LogP contribution in [-0.2, 0) is 20.8 Å². The topological polar surface area (TPSA) is 46.8 Å². The molecule has 9 aromatic rings. The summed E-state index contributed by atoms with van der Waals surface area (Å²) in [5, 5.41) is 5.11. The van der Waals surface area contributed by atoms with E-state index in [-0.39, 0.29) is 12.6 Å². The molecule has 0 radical (unpaired) electrons. The van der Waals surface area contributed by atoms with Gasteiger partial charge in [-0.05, 0) is 129 Å². The van der Waals surface area contributed by atoms with Gasteiger partial charge in [0.25, 0.3) is 0 Å². The maximum atomic E-state index is 6.47. The van der Waals surface area contributed by atoms with E-state index in [1.54, 1.807) is 0 Å². The molecule has 5 aromatic heterocycles. The van der Waals surface area contributed by atoms with Gasteiger partial charge in [-0.25, -0.2) is 0 Å². The number of fused-ring (bicyclic) bond motifs is 6. The Bertz CT molecular complexity index is 3190. The largest absolute Gasteiger partial charge is 0.381 e. The van der Waals surface area contributed by atoms with Crippen molar-refractivity contribution >= 4 is 77.6 Å². The molecule has 2 saturated heterocycles. The molecule has 77 heavy (non-hydrogen) atoms. The van der Waals surface area contributed by atoms with Crippen LogP contribution in [0.3, 0.4) is 0 Å². The van der Waals surface area contributed by atoms with Gasteiger partial charge in [0, 0.05) is 88.0 Å². The Kier molecular flexibility index (Phi) is 20.9. The fourth-order valence-electron chi connectivity index (χ4n) is 11.5.